The number of hydrogen-bond acceptors (Lipinski definition) is 5. The number of likely N-dealkylation sites (tertiary alicyclic amines) is 1. The van der Waals surface area contributed by atoms with Crippen molar-refractivity contribution in [2.24, 2.45) is 7.05 Å². The molecular formula is C18H24N4O2. The standard InChI is InChI=1S/C18H24N4O2/c1-21-16(17(23)15-8-3-4-9-19-15)14-20-18(21)24-13-7-12-22-10-5-2-6-11-22/h3-4,8-9,14H,2,5-7,10-13H2,1H3. The number of ketones is 1. The van der Waals surface area contributed by atoms with Crippen molar-refractivity contribution in [3.8, 4) is 6.01 Å². The van der Waals surface area contributed by atoms with Gasteiger partial charge in [0.25, 0.3) is 6.01 Å². The molecule has 0 amide bonds. The first-order chi connectivity index (χ1) is 11.8. The summed E-state index contributed by atoms with van der Waals surface area (Å²) in [5.74, 6) is -0.145. The molecule has 0 saturated carbocycles. The number of piperidine rings is 1. The van der Waals surface area contributed by atoms with E-state index < -0.39 is 0 Å². The van der Waals surface area contributed by atoms with Crippen LogP contribution >= 0.6 is 0 Å². The molecule has 2 aromatic rings. The Morgan fingerprint density at radius 3 is 2.79 bits per heavy atom. The minimum absolute atomic E-state index is 0.145. The number of imidazole rings is 1. The summed E-state index contributed by atoms with van der Waals surface area (Å²) in [6, 6.07) is 5.77. The highest BCUT2D eigenvalue weighted by Crippen LogP contribution is 2.15. The number of aromatic nitrogens is 3. The lowest BCUT2D eigenvalue weighted by Gasteiger charge is -2.26. The lowest BCUT2D eigenvalue weighted by atomic mass is 10.1. The van der Waals surface area contributed by atoms with E-state index in [4.69, 9.17) is 4.74 Å². The quantitative estimate of drug-likeness (QED) is 0.576. The topological polar surface area (TPSA) is 60.3 Å². The summed E-state index contributed by atoms with van der Waals surface area (Å²) in [4.78, 5) is 23.2. The van der Waals surface area contributed by atoms with Gasteiger partial charge in [-0.25, -0.2) is 4.98 Å². The van der Waals surface area contributed by atoms with E-state index >= 15 is 0 Å². The summed E-state index contributed by atoms with van der Waals surface area (Å²) in [7, 11) is 1.79. The van der Waals surface area contributed by atoms with Gasteiger partial charge in [-0.3, -0.25) is 14.3 Å². The molecule has 6 nitrogen and oxygen atoms in total. The summed E-state index contributed by atoms with van der Waals surface area (Å²) in [5, 5.41) is 0. The predicted molar refractivity (Wildman–Crippen MR) is 91.3 cm³/mol. The van der Waals surface area contributed by atoms with Gasteiger partial charge in [-0.2, -0.15) is 0 Å². The molecule has 0 aliphatic carbocycles. The zero-order valence-corrected chi connectivity index (χ0v) is 14.1. The van der Waals surface area contributed by atoms with Crippen molar-refractivity contribution in [3.05, 3.63) is 42.0 Å². The van der Waals surface area contributed by atoms with Crippen LogP contribution in [0, 0.1) is 0 Å². The summed E-state index contributed by atoms with van der Waals surface area (Å²) < 4.78 is 7.44. The molecule has 6 heteroatoms. The molecule has 1 fully saturated rings. The molecule has 0 atom stereocenters. The molecule has 1 aliphatic rings. The highest BCUT2D eigenvalue weighted by Gasteiger charge is 2.17. The van der Waals surface area contributed by atoms with E-state index in [-0.39, 0.29) is 5.78 Å². The van der Waals surface area contributed by atoms with Crippen molar-refractivity contribution in [2.45, 2.75) is 25.7 Å². The molecule has 1 saturated heterocycles. The van der Waals surface area contributed by atoms with Crippen LogP contribution in [-0.4, -0.2) is 51.5 Å². The number of carbonyl (C=O) groups is 1. The van der Waals surface area contributed by atoms with Gasteiger partial charge in [0.2, 0.25) is 5.78 Å². The Bertz CT molecular complexity index is 663. The fraction of sp³-hybridized carbons (Fsp3) is 0.500. The molecule has 0 unspecified atom stereocenters. The minimum Gasteiger partial charge on any atom is -0.465 e. The molecule has 3 heterocycles. The number of carbonyl (C=O) groups excluding carboxylic acids is 1. The Morgan fingerprint density at radius 2 is 2.04 bits per heavy atom. The van der Waals surface area contributed by atoms with Crippen LogP contribution in [0.5, 0.6) is 6.01 Å². The molecule has 0 N–H and O–H groups in total. The second-order valence-electron chi connectivity index (χ2n) is 6.13. The van der Waals surface area contributed by atoms with Gasteiger partial charge in [0.05, 0.1) is 12.8 Å². The molecule has 128 valence electrons. The predicted octanol–water partition coefficient (Wildman–Crippen LogP) is 2.30. The van der Waals surface area contributed by atoms with E-state index in [1.807, 2.05) is 0 Å². The lowest BCUT2D eigenvalue weighted by Crippen LogP contribution is -2.31. The van der Waals surface area contributed by atoms with Crippen LogP contribution in [0.3, 0.4) is 0 Å². The van der Waals surface area contributed by atoms with Crippen LogP contribution in [0.2, 0.25) is 0 Å². The third-order valence-corrected chi connectivity index (χ3v) is 4.37. The zero-order chi connectivity index (χ0) is 16.8. The summed E-state index contributed by atoms with van der Waals surface area (Å²) in [6.45, 7) is 4.07. The Morgan fingerprint density at radius 1 is 1.21 bits per heavy atom. The molecule has 0 bridgehead atoms. The summed E-state index contributed by atoms with van der Waals surface area (Å²) in [6.07, 6.45) is 8.10. The second kappa shape index (κ2) is 8.06. The van der Waals surface area contributed by atoms with Gasteiger partial charge in [0.1, 0.15) is 11.4 Å². The van der Waals surface area contributed by atoms with Gasteiger partial charge in [-0.05, 0) is 44.5 Å². The van der Waals surface area contributed by atoms with E-state index in [0.29, 0.717) is 24.0 Å². The van der Waals surface area contributed by atoms with E-state index in [1.54, 1.807) is 42.2 Å². The van der Waals surface area contributed by atoms with Crippen molar-refractivity contribution in [1.82, 2.24) is 19.4 Å². The van der Waals surface area contributed by atoms with E-state index in [2.05, 4.69) is 14.9 Å². The number of ether oxygens (including phenoxy) is 1. The van der Waals surface area contributed by atoms with Crippen LogP contribution in [0.4, 0.5) is 0 Å². The number of nitrogens with zero attached hydrogens (tertiary/aromatic N) is 4. The van der Waals surface area contributed by atoms with Crippen LogP contribution in [0.1, 0.15) is 41.9 Å². The molecule has 1 aliphatic heterocycles. The average molecular weight is 328 g/mol. The number of hydrogen-bond donors (Lipinski definition) is 0. The molecule has 24 heavy (non-hydrogen) atoms. The molecule has 0 spiro atoms. The van der Waals surface area contributed by atoms with Crippen molar-refractivity contribution < 1.29 is 9.53 Å². The average Bonchev–Trinajstić information content (AvgIpc) is 3.00. The fourth-order valence-electron chi connectivity index (χ4n) is 3.00. The van der Waals surface area contributed by atoms with Crippen molar-refractivity contribution in [1.29, 1.82) is 0 Å². The van der Waals surface area contributed by atoms with Crippen molar-refractivity contribution in [2.75, 3.05) is 26.2 Å². The van der Waals surface area contributed by atoms with Gasteiger partial charge in [0, 0.05) is 19.8 Å². The highest BCUT2D eigenvalue weighted by molar-refractivity contribution is 6.06. The number of pyridine rings is 1. The van der Waals surface area contributed by atoms with Crippen LogP contribution in [0.15, 0.2) is 30.6 Å². The normalized spacial score (nSPS) is 15.4. The first-order valence-corrected chi connectivity index (χ1v) is 8.58. The first kappa shape index (κ1) is 16.6. The van der Waals surface area contributed by atoms with E-state index in [9.17, 15) is 4.79 Å². The minimum atomic E-state index is -0.145. The molecule has 3 rings (SSSR count). The Kier molecular flexibility index (Phi) is 5.59. The van der Waals surface area contributed by atoms with Gasteiger partial charge in [-0.1, -0.05) is 12.5 Å². The van der Waals surface area contributed by atoms with Gasteiger partial charge < -0.3 is 9.64 Å². The monoisotopic (exact) mass is 328 g/mol. The van der Waals surface area contributed by atoms with Gasteiger partial charge >= 0.3 is 0 Å². The maximum absolute atomic E-state index is 12.4. The first-order valence-electron chi connectivity index (χ1n) is 8.58. The summed E-state index contributed by atoms with van der Waals surface area (Å²) >= 11 is 0. The highest BCUT2D eigenvalue weighted by atomic mass is 16.5. The maximum Gasteiger partial charge on any atom is 0.296 e. The lowest BCUT2D eigenvalue weighted by molar-refractivity contribution is 0.102. The third kappa shape index (κ3) is 4.00. The second-order valence-corrected chi connectivity index (χ2v) is 6.13. The third-order valence-electron chi connectivity index (χ3n) is 4.37. The Labute approximate surface area is 142 Å². The Hall–Kier alpha value is -2.21. The zero-order valence-electron chi connectivity index (χ0n) is 14.1. The van der Waals surface area contributed by atoms with Gasteiger partial charge in [0.15, 0.2) is 0 Å². The van der Waals surface area contributed by atoms with Crippen LogP contribution < -0.4 is 4.74 Å². The Balaban J connectivity index is 1.52. The largest absolute Gasteiger partial charge is 0.465 e. The maximum atomic E-state index is 12.4. The molecule has 2 aromatic heterocycles. The molecule has 0 aromatic carbocycles. The van der Waals surface area contributed by atoms with E-state index in [0.717, 1.165) is 13.0 Å². The number of rotatable bonds is 7. The van der Waals surface area contributed by atoms with Crippen LogP contribution in [0.25, 0.3) is 0 Å². The van der Waals surface area contributed by atoms with Crippen molar-refractivity contribution in [3.63, 3.8) is 0 Å². The SMILES string of the molecule is Cn1c(C(=O)c2ccccn2)cnc1OCCCN1CCCCC1. The fourth-order valence-corrected chi connectivity index (χ4v) is 3.00. The van der Waals surface area contributed by atoms with E-state index in [1.165, 1.54) is 32.4 Å². The summed E-state index contributed by atoms with van der Waals surface area (Å²) in [5.41, 5.74) is 0.900. The van der Waals surface area contributed by atoms with Gasteiger partial charge in [-0.15, -0.1) is 0 Å². The molecule has 0 radical (unpaired) electrons. The van der Waals surface area contributed by atoms with Crippen molar-refractivity contribution >= 4 is 5.78 Å². The van der Waals surface area contributed by atoms with Crippen LogP contribution in [-0.2, 0) is 7.05 Å². The molecular weight excluding hydrogens is 304 g/mol. The smallest absolute Gasteiger partial charge is 0.296 e.